The maximum atomic E-state index is 12.5. The van der Waals surface area contributed by atoms with E-state index >= 15 is 0 Å². The molecular formula is C16H23NO5. The van der Waals surface area contributed by atoms with Gasteiger partial charge in [0.2, 0.25) is 0 Å². The van der Waals surface area contributed by atoms with Gasteiger partial charge in [0.05, 0.1) is 20.1 Å². The fraction of sp³-hybridized carbons (Fsp3) is 0.500. The van der Waals surface area contributed by atoms with Crippen LogP contribution in [0, 0.1) is 5.92 Å². The fourth-order valence-corrected chi connectivity index (χ4v) is 2.06. The first-order valence-electron chi connectivity index (χ1n) is 7.15. The van der Waals surface area contributed by atoms with Gasteiger partial charge in [0.1, 0.15) is 5.75 Å². The van der Waals surface area contributed by atoms with Gasteiger partial charge in [-0.1, -0.05) is 6.92 Å². The third-order valence-electron chi connectivity index (χ3n) is 3.31. The van der Waals surface area contributed by atoms with Crippen molar-refractivity contribution in [1.29, 1.82) is 0 Å². The van der Waals surface area contributed by atoms with Crippen LogP contribution in [0.2, 0.25) is 0 Å². The number of benzene rings is 1. The Morgan fingerprint density at radius 3 is 2.36 bits per heavy atom. The van der Waals surface area contributed by atoms with Crippen LogP contribution in [0.25, 0.3) is 0 Å². The van der Waals surface area contributed by atoms with Crippen molar-refractivity contribution in [2.24, 2.45) is 5.92 Å². The number of methoxy groups -OCH3 is 2. The monoisotopic (exact) mass is 309 g/mol. The molecule has 1 N–H and O–H groups in total. The Kier molecular flexibility index (Phi) is 7.39. The predicted octanol–water partition coefficient (Wildman–Crippen LogP) is 1.33. The number of aliphatic hydroxyl groups excluding tert-OH is 1. The summed E-state index contributed by atoms with van der Waals surface area (Å²) in [6, 6.07) is 6.77. The third-order valence-corrected chi connectivity index (χ3v) is 3.31. The maximum absolute atomic E-state index is 12.5. The Bertz CT molecular complexity index is 486. The second kappa shape index (κ2) is 9.04. The lowest BCUT2D eigenvalue weighted by molar-refractivity contribution is -0.145. The Morgan fingerprint density at radius 1 is 1.23 bits per heavy atom. The molecule has 0 radical (unpaired) electrons. The Hall–Kier alpha value is -2.08. The molecule has 6 nitrogen and oxygen atoms in total. The van der Waals surface area contributed by atoms with Crippen molar-refractivity contribution in [3.63, 3.8) is 0 Å². The summed E-state index contributed by atoms with van der Waals surface area (Å²) in [6.45, 7) is 2.32. The van der Waals surface area contributed by atoms with E-state index in [9.17, 15) is 9.59 Å². The highest BCUT2D eigenvalue weighted by atomic mass is 16.5. The molecule has 1 amide bonds. The first kappa shape index (κ1) is 18.0. The first-order valence-corrected chi connectivity index (χ1v) is 7.15. The molecule has 0 aliphatic carbocycles. The second-order valence-corrected chi connectivity index (χ2v) is 4.98. The van der Waals surface area contributed by atoms with Gasteiger partial charge < -0.3 is 19.5 Å². The number of carbonyl (C=O) groups excluding carboxylic acids is 2. The van der Waals surface area contributed by atoms with Crippen molar-refractivity contribution in [3.8, 4) is 5.75 Å². The number of hydrogen-bond acceptors (Lipinski definition) is 5. The molecule has 0 saturated carbocycles. The van der Waals surface area contributed by atoms with E-state index in [-0.39, 0.29) is 25.0 Å². The Labute approximate surface area is 130 Å². The van der Waals surface area contributed by atoms with Gasteiger partial charge in [0.25, 0.3) is 5.91 Å². The lowest BCUT2D eigenvalue weighted by Gasteiger charge is -2.25. The molecule has 0 aliphatic heterocycles. The molecule has 1 aromatic rings. The lowest BCUT2D eigenvalue weighted by Crippen LogP contribution is -2.38. The summed E-state index contributed by atoms with van der Waals surface area (Å²) < 4.78 is 9.76. The lowest BCUT2D eigenvalue weighted by atomic mass is 10.1. The van der Waals surface area contributed by atoms with Gasteiger partial charge >= 0.3 is 5.97 Å². The number of hydrogen-bond donors (Lipinski definition) is 1. The number of carbonyl (C=O) groups is 2. The molecule has 0 heterocycles. The van der Waals surface area contributed by atoms with Crippen molar-refractivity contribution in [1.82, 2.24) is 4.90 Å². The summed E-state index contributed by atoms with van der Waals surface area (Å²) in [6.07, 6.45) is 0.454. The summed E-state index contributed by atoms with van der Waals surface area (Å²) in [5.74, 6) is -0.310. The topological polar surface area (TPSA) is 76.1 Å². The van der Waals surface area contributed by atoms with Crippen LogP contribution in [0.15, 0.2) is 24.3 Å². The summed E-state index contributed by atoms with van der Waals surface area (Å²) in [4.78, 5) is 25.6. The molecule has 0 bridgehead atoms. The summed E-state index contributed by atoms with van der Waals surface area (Å²) in [5.41, 5.74) is 0.510. The van der Waals surface area contributed by atoms with E-state index in [4.69, 9.17) is 14.6 Å². The Morgan fingerprint density at radius 2 is 1.86 bits per heavy atom. The van der Waals surface area contributed by atoms with E-state index in [1.165, 1.54) is 7.11 Å². The average Bonchev–Trinajstić information content (AvgIpc) is 2.56. The highest BCUT2D eigenvalue weighted by molar-refractivity contribution is 5.94. The van der Waals surface area contributed by atoms with Crippen LogP contribution in [0.1, 0.15) is 23.7 Å². The van der Waals surface area contributed by atoms with Crippen LogP contribution in [0.4, 0.5) is 0 Å². The minimum Gasteiger partial charge on any atom is -0.497 e. The van der Waals surface area contributed by atoms with Crippen LogP contribution < -0.4 is 4.74 Å². The van der Waals surface area contributed by atoms with Gasteiger partial charge in [-0.25, -0.2) is 0 Å². The smallest absolute Gasteiger partial charge is 0.310 e. The normalized spacial score (nSPS) is 11.6. The molecule has 0 spiro atoms. The number of nitrogens with zero attached hydrogens (tertiary/aromatic N) is 1. The minimum atomic E-state index is -0.425. The number of esters is 1. The first-order chi connectivity index (χ1) is 10.5. The van der Waals surface area contributed by atoms with Crippen molar-refractivity contribution < 1.29 is 24.2 Å². The minimum absolute atomic E-state index is 0.0149. The van der Waals surface area contributed by atoms with Crippen LogP contribution in [-0.4, -0.2) is 55.8 Å². The van der Waals surface area contributed by atoms with E-state index in [0.29, 0.717) is 24.3 Å². The van der Waals surface area contributed by atoms with Crippen LogP contribution in [0.5, 0.6) is 5.75 Å². The highest BCUT2D eigenvalue weighted by Crippen LogP contribution is 2.14. The van der Waals surface area contributed by atoms with Gasteiger partial charge in [-0.3, -0.25) is 9.59 Å². The molecule has 1 rings (SSSR count). The molecule has 1 aromatic carbocycles. The molecule has 0 aromatic heterocycles. The van der Waals surface area contributed by atoms with Gasteiger partial charge in [-0.05, 0) is 30.7 Å². The average molecular weight is 309 g/mol. The number of aliphatic hydroxyl groups is 1. The standard InChI is InChI=1S/C16H23NO5/c1-12(16(20)22-3)11-17(9-4-10-18)15(19)13-5-7-14(21-2)8-6-13/h5-8,12,18H,4,9-11H2,1-3H3. The quantitative estimate of drug-likeness (QED) is 0.733. The van der Waals surface area contributed by atoms with E-state index in [0.717, 1.165) is 0 Å². The van der Waals surface area contributed by atoms with Gasteiger partial charge in [-0.15, -0.1) is 0 Å². The molecule has 0 fully saturated rings. The van der Waals surface area contributed by atoms with E-state index < -0.39 is 5.92 Å². The van der Waals surface area contributed by atoms with E-state index in [1.54, 1.807) is 43.2 Å². The van der Waals surface area contributed by atoms with E-state index in [1.807, 2.05) is 0 Å². The van der Waals surface area contributed by atoms with Crippen molar-refractivity contribution in [2.75, 3.05) is 33.9 Å². The molecule has 6 heteroatoms. The Balaban J connectivity index is 2.84. The second-order valence-electron chi connectivity index (χ2n) is 4.98. The van der Waals surface area contributed by atoms with Crippen LogP contribution in [-0.2, 0) is 9.53 Å². The summed E-state index contributed by atoms with van der Waals surface area (Å²) in [7, 11) is 2.88. The van der Waals surface area contributed by atoms with Gasteiger partial charge in [0, 0.05) is 25.3 Å². The summed E-state index contributed by atoms with van der Waals surface area (Å²) in [5, 5.41) is 8.98. The molecule has 1 atom stereocenters. The van der Waals surface area contributed by atoms with Gasteiger partial charge in [0.15, 0.2) is 0 Å². The molecule has 1 unspecified atom stereocenters. The third kappa shape index (κ3) is 5.04. The summed E-state index contributed by atoms with van der Waals surface area (Å²) >= 11 is 0. The van der Waals surface area contributed by atoms with Crippen molar-refractivity contribution >= 4 is 11.9 Å². The number of ether oxygens (including phenoxy) is 2. The predicted molar refractivity (Wildman–Crippen MR) is 81.8 cm³/mol. The number of rotatable bonds is 8. The molecule has 0 saturated heterocycles. The zero-order valence-electron chi connectivity index (χ0n) is 13.2. The molecule has 0 aliphatic rings. The van der Waals surface area contributed by atoms with Crippen LogP contribution in [0.3, 0.4) is 0 Å². The zero-order valence-corrected chi connectivity index (χ0v) is 13.2. The zero-order chi connectivity index (χ0) is 16.5. The van der Waals surface area contributed by atoms with E-state index in [2.05, 4.69) is 0 Å². The van der Waals surface area contributed by atoms with Crippen molar-refractivity contribution in [2.45, 2.75) is 13.3 Å². The van der Waals surface area contributed by atoms with Crippen LogP contribution >= 0.6 is 0 Å². The highest BCUT2D eigenvalue weighted by Gasteiger charge is 2.22. The van der Waals surface area contributed by atoms with Gasteiger partial charge in [-0.2, -0.15) is 0 Å². The largest absolute Gasteiger partial charge is 0.497 e. The van der Waals surface area contributed by atoms with Crippen molar-refractivity contribution in [3.05, 3.63) is 29.8 Å². The molecule has 122 valence electrons. The number of amides is 1. The molecule has 22 heavy (non-hydrogen) atoms. The SMILES string of the molecule is COC(=O)C(C)CN(CCCO)C(=O)c1ccc(OC)cc1. The maximum Gasteiger partial charge on any atom is 0.310 e. The molecular weight excluding hydrogens is 286 g/mol. The fourth-order valence-electron chi connectivity index (χ4n) is 2.06.